The molecule has 3 heterocycles. The number of pyridine rings is 1. The lowest BCUT2D eigenvalue weighted by atomic mass is 10.1. The number of rotatable bonds is 9. The fourth-order valence-electron chi connectivity index (χ4n) is 4.79. The lowest BCUT2D eigenvalue weighted by Crippen LogP contribution is -2.49. The van der Waals surface area contributed by atoms with E-state index in [1.54, 1.807) is 84.0 Å². The van der Waals surface area contributed by atoms with Crippen LogP contribution in [0.25, 0.3) is 0 Å². The molecular formula is C31H29N5O5S. The van der Waals surface area contributed by atoms with E-state index in [0.717, 1.165) is 4.88 Å². The minimum absolute atomic E-state index is 0.0889. The summed E-state index contributed by atoms with van der Waals surface area (Å²) in [7, 11) is 0. The Morgan fingerprint density at radius 3 is 2.29 bits per heavy atom. The van der Waals surface area contributed by atoms with Crippen molar-refractivity contribution in [2.45, 2.75) is 12.5 Å². The first-order chi connectivity index (χ1) is 20.4. The average molecular weight is 584 g/mol. The van der Waals surface area contributed by atoms with Gasteiger partial charge in [-0.15, -0.1) is 11.3 Å². The molecule has 3 amide bonds. The number of hydrogen-bond donors (Lipinski definition) is 3. The third-order valence-electron chi connectivity index (χ3n) is 6.93. The van der Waals surface area contributed by atoms with Crippen LogP contribution in [0, 0.1) is 0 Å². The first kappa shape index (κ1) is 28.5. The summed E-state index contributed by atoms with van der Waals surface area (Å²) in [5.74, 6) is -1.90. The van der Waals surface area contributed by atoms with E-state index in [9.17, 15) is 24.3 Å². The SMILES string of the molecule is O=C(O)CC(NC(=O)c1ccc(N2CCN(C(=O)c3cccnc3)CC2)c(NC(=O)c2ccccc2)c1)c1cccs1. The number of aromatic nitrogens is 1. The number of nitrogens with zero attached hydrogens (tertiary/aromatic N) is 3. The maximum absolute atomic E-state index is 13.3. The summed E-state index contributed by atoms with van der Waals surface area (Å²) < 4.78 is 0. The fourth-order valence-corrected chi connectivity index (χ4v) is 5.57. The summed E-state index contributed by atoms with van der Waals surface area (Å²) in [5.41, 5.74) is 2.42. The number of carboxylic acid groups (broad SMARTS) is 1. The Balaban J connectivity index is 1.37. The van der Waals surface area contributed by atoms with E-state index in [1.165, 1.54) is 11.3 Å². The maximum Gasteiger partial charge on any atom is 0.305 e. The monoisotopic (exact) mass is 583 g/mol. The van der Waals surface area contributed by atoms with Crippen molar-refractivity contribution < 1.29 is 24.3 Å². The van der Waals surface area contributed by atoms with Crippen LogP contribution in [0.3, 0.4) is 0 Å². The highest BCUT2D eigenvalue weighted by molar-refractivity contribution is 7.10. The fraction of sp³-hybridized carbons (Fsp3) is 0.194. The highest BCUT2D eigenvalue weighted by Gasteiger charge is 2.26. The second kappa shape index (κ2) is 13.1. The van der Waals surface area contributed by atoms with Crippen molar-refractivity contribution in [2.75, 3.05) is 36.4 Å². The lowest BCUT2D eigenvalue weighted by Gasteiger charge is -2.37. The minimum Gasteiger partial charge on any atom is -0.481 e. The molecule has 5 rings (SSSR count). The number of benzene rings is 2. The molecule has 1 aliphatic rings. The second-order valence-corrected chi connectivity index (χ2v) is 10.7. The molecule has 11 heteroatoms. The molecule has 0 bridgehead atoms. The molecule has 2 aromatic carbocycles. The van der Waals surface area contributed by atoms with Crippen molar-refractivity contribution in [1.82, 2.24) is 15.2 Å². The Labute approximate surface area is 246 Å². The normalized spacial score (nSPS) is 13.7. The quantitative estimate of drug-likeness (QED) is 0.268. The van der Waals surface area contributed by atoms with E-state index >= 15 is 0 Å². The summed E-state index contributed by atoms with van der Waals surface area (Å²) in [6, 6.07) is 20.1. The average Bonchev–Trinajstić information content (AvgIpc) is 3.56. The van der Waals surface area contributed by atoms with Crippen molar-refractivity contribution in [3.05, 3.63) is 112 Å². The molecule has 10 nitrogen and oxygen atoms in total. The zero-order valence-corrected chi connectivity index (χ0v) is 23.4. The first-order valence-electron chi connectivity index (χ1n) is 13.4. The van der Waals surface area contributed by atoms with Crippen molar-refractivity contribution >= 4 is 46.4 Å². The Morgan fingerprint density at radius 2 is 1.62 bits per heavy atom. The summed E-state index contributed by atoms with van der Waals surface area (Å²) >= 11 is 1.37. The smallest absolute Gasteiger partial charge is 0.305 e. The van der Waals surface area contributed by atoms with Crippen molar-refractivity contribution in [3.8, 4) is 0 Å². The lowest BCUT2D eigenvalue weighted by molar-refractivity contribution is -0.137. The number of anilines is 2. The van der Waals surface area contributed by atoms with E-state index in [1.807, 2.05) is 11.4 Å². The van der Waals surface area contributed by atoms with Crippen LogP contribution >= 0.6 is 11.3 Å². The third-order valence-corrected chi connectivity index (χ3v) is 7.92. The van der Waals surface area contributed by atoms with Gasteiger partial charge in [0.05, 0.1) is 29.4 Å². The Hall–Kier alpha value is -5.03. The molecule has 0 aliphatic carbocycles. The zero-order chi connectivity index (χ0) is 29.5. The number of hydrogen-bond acceptors (Lipinski definition) is 7. The molecule has 1 atom stereocenters. The van der Waals surface area contributed by atoms with Crippen LogP contribution in [-0.2, 0) is 4.79 Å². The van der Waals surface area contributed by atoms with Gasteiger partial charge in [-0.3, -0.25) is 24.2 Å². The van der Waals surface area contributed by atoms with Crippen LogP contribution < -0.4 is 15.5 Å². The molecular weight excluding hydrogens is 554 g/mol. The number of piperazine rings is 1. The van der Waals surface area contributed by atoms with Gasteiger partial charge in [-0.2, -0.15) is 0 Å². The van der Waals surface area contributed by atoms with E-state index in [-0.39, 0.29) is 23.8 Å². The Morgan fingerprint density at radius 1 is 0.857 bits per heavy atom. The van der Waals surface area contributed by atoms with E-state index < -0.39 is 17.9 Å². The van der Waals surface area contributed by atoms with Crippen LogP contribution in [0.2, 0.25) is 0 Å². The second-order valence-electron chi connectivity index (χ2n) is 9.71. The molecule has 3 N–H and O–H groups in total. The molecule has 2 aromatic heterocycles. The van der Waals surface area contributed by atoms with Gasteiger partial charge in [0.25, 0.3) is 17.7 Å². The number of nitrogens with one attached hydrogen (secondary N) is 2. The van der Waals surface area contributed by atoms with Gasteiger partial charge in [-0.25, -0.2) is 0 Å². The van der Waals surface area contributed by atoms with Gasteiger partial charge < -0.3 is 25.5 Å². The van der Waals surface area contributed by atoms with Crippen LogP contribution in [-0.4, -0.2) is 64.9 Å². The number of amides is 3. The molecule has 0 saturated carbocycles. The van der Waals surface area contributed by atoms with Gasteiger partial charge in [0.1, 0.15) is 0 Å². The van der Waals surface area contributed by atoms with E-state index in [0.29, 0.717) is 48.7 Å². The van der Waals surface area contributed by atoms with Gasteiger partial charge >= 0.3 is 5.97 Å². The van der Waals surface area contributed by atoms with E-state index in [2.05, 4.69) is 20.5 Å². The van der Waals surface area contributed by atoms with E-state index in [4.69, 9.17) is 0 Å². The van der Waals surface area contributed by atoms with Crippen molar-refractivity contribution in [2.24, 2.45) is 0 Å². The Kier molecular flexibility index (Phi) is 8.88. The molecule has 1 unspecified atom stereocenters. The largest absolute Gasteiger partial charge is 0.481 e. The highest BCUT2D eigenvalue weighted by atomic mass is 32.1. The predicted molar refractivity (Wildman–Crippen MR) is 160 cm³/mol. The number of aliphatic carboxylic acids is 1. The first-order valence-corrected chi connectivity index (χ1v) is 14.3. The van der Waals surface area contributed by atoms with Gasteiger partial charge in [-0.05, 0) is 53.9 Å². The van der Waals surface area contributed by atoms with Crippen molar-refractivity contribution in [3.63, 3.8) is 0 Å². The number of carboxylic acids is 1. The molecule has 214 valence electrons. The number of thiophene rings is 1. The summed E-state index contributed by atoms with van der Waals surface area (Å²) in [5, 5.41) is 17.0. The third kappa shape index (κ3) is 6.81. The molecule has 0 radical (unpaired) electrons. The van der Waals surface area contributed by atoms with Gasteiger partial charge in [0.15, 0.2) is 0 Å². The Bertz CT molecular complexity index is 1560. The van der Waals surface area contributed by atoms with Crippen LogP contribution in [0.15, 0.2) is 90.6 Å². The van der Waals surface area contributed by atoms with Crippen LogP contribution in [0.4, 0.5) is 11.4 Å². The molecule has 1 saturated heterocycles. The van der Waals surface area contributed by atoms with Crippen LogP contribution in [0.5, 0.6) is 0 Å². The van der Waals surface area contributed by atoms with Gasteiger partial charge in [0, 0.05) is 54.6 Å². The van der Waals surface area contributed by atoms with Gasteiger partial charge in [0.2, 0.25) is 0 Å². The summed E-state index contributed by atoms with van der Waals surface area (Å²) in [6.07, 6.45) is 2.91. The topological polar surface area (TPSA) is 132 Å². The maximum atomic E-state index is 13.3. The molecule has 1 aliphatic heterocycles. The number of carbonyl (C=O) groups excluding carboxylic acids is 3. The van der Waals surface area contributed by atoms with Gasteiger partial charge in [-0.1, -0.05) is 24.3 Å². The minimum atomic E-state index is -1.03. The molecule has 1 fully saturated rings. The summed E-state index contributed by atoms with van der Waals surface area (Å²) in [4.78, 5) is 59.4. The highest BCUT2D eigenvalue weighted by Crippen LogP contribution is 2.30. The predicted octanol–water partition coefficient (Wildman–Crippen LogP) is 4.30. The summed E-state index contributed by atoms with van der Waals surface area (Å²) in [6.45, 7) is 1.98. The molecule has 4 aromatic rings. The van der Waals surface area contributed by atoms with Crippen molar-refractivity contribution in [1.29, 1.82) is 0 Å². The standard InChI is InChI=1S/C31H29N5O5S/c37-28(38)19-25(27-9-5-17-42-27)34-30(40)22-10-11-26(24(18-22)33-29(39)21-6-2-1-3-7-21)35-13-15-36(16-14-35)31(41)23-8-4-12-32-20-23/h1-12,17-18,20,25H,13-16,19H2,(H,33,39)(H,34,40)(H,37,38). The van der Waals surface area contributed by atoms with Crippen LogP contribution in [0.1, 0.15) is 48.4 Å². The zero-order valence-electron chi connectivity index (χ0n) is 22.6. The molecule has 42 heavy (non-hydrogen) atoms. The number of carbonyl (C=O) groups is 4. The molecule has 0 spiro atoms.